The number of carbonyl (C=O) groups excluding carboxylic acids is 1. The van der Waals surface area contributed by atoms with E-state index < -0.39 is 10.0 Å². The lowest BCUT2D eigenvalue weighted by atomic mass is 9.84. The third-order valence-corrected chi connectivity index (χ3v) is 6.52. The molecule has 1 aliphatic rings. The summed E-state index contributed by atoms with van der Waals surface area (Å²) in [5.74, 6) is 0.975. The summed E-state index contributed by atoms with van der Waals surface area (Å²) in [4.78, 5) is 12.5. The van der Waals surface area contributed by atoms with Gasteiger partial charge in [-0.05, 0) is 68.8 Å². The molecule has 3 N–H and O–H groups in total. The minimum Gasteiger partial charge on any atom is -0.326 e. The van der Waals surface area contributed by atoms with Gasteiger partial charge in [0, 0.05) is 12.1 Å². The van der Waals surface area contributed by atoms with Gasteiger partial charge in [-0.15, -0.1) is 12.4 Å². The van der Waals surface area contributed by atoms with Crippen molar-refractivity contribution in [2.45, 2.75) is 46.5 Å². The standard InChI is InChI=1S/C19H31N3O3S.ClH/c1-4-12-26(24,25)22-18-7-5-6-17(15(18)3)21-19(23)13-14(2)16-8-10-20-11-9-16;/h5-7,14,16,20,22H,4,8-13H2,1-3H3,(H,21,23);1H. The van der Waals surface area contributed by atoms with Crippen molar-refractivity contribution in [1.82, 2.24) is 5.32 Å². The number of amides is 1. The summed E-state index contributed by atoms with van der Waals surface area (Å²) < 4.78 is 26.6. The van der Waals surface area contributed by atoms with Crippen LogP contribution in [0.15, 0.2) is 18.2 Å². The summed E-state index contributed by atoms with van der Waals surface area (Å²) in [6, 6.07) is 5.28. The van der Waals surface area contributed by atoms with Crippen LogP contribution in [0.25, 0.3) is 0 Å². The lowest BCUT2D eigenvalue weighted by Gasteiger charge is -2.28. The van der Waals surface area contributed by atoms with Gasteiger partial charge in [-0.1, -0.05) is 19.9 Å². The van der Waals surface area contributed by atoms with Crippen LogP contribution < -0.4 is 15.4 Å². The zero-order valence-electron chi connectivity index (χ0n) is 16.4. The van der Waals surface area contributed by atoms with Crippen molar-refractivity contribution in [3.63, 3.8) is 0 Å². The average Bonchev–Trinajstić information content (AvgIpc) is 2.59. The highest BCUT2D eigenvalue weighted by molar-refractivity contribution is 7.92. The molecule has 2 rings (SSSR count). The SMILES string of the molecule is CCCS(=O)(=O)Nc1cccc(NC(=O)CC(C)C2CCNCC2)c1C.Cl. The minimum absolute atomic E-state index is 0. The Bertz CT molecular complexity index is 719. The molecule has 1 aromatic carbocycles. The minimum atomic E-state index is -3.35. The fourth-order valence-corrected chi connectivity index (χ4v) is 4.64. The van der Waals surface area contributed by atoms with Crippen LogP contribution in [-0.2, 0) is 14.8 Å². The van der Waals surface area contributed by atoms with Crippen molar-refractivity contribution in [2.24, 2.45) is 11.8 Å². The fraction of sp³-hybridized carbons (Fsp3) is 0.632. The summed E-state index contributed by atoms with van der Waals surface area (Å²) in [6.07, 6.45) is 3.26. The van der Waals surface area contributed by atoms with Gasteiger partial charge in [0.1, 0.15) is 0 Å². The zero-order chi connectivity index (χ0) is 19.2. The van der Waals surface area contributed by atoms with Crippen LogP contribution in [0.4, 0.5) is 11.4 Å². The van der Waals surface area contributed by atoms with Gasteiger partial charge in [-0.25, -0.2) is 8.42 Å². The van der Waals surface area contributed by atoms with Crippen molar-refractivity contribution in [3.8, 4) is 0 Å². The van der Waals surface area contributed by atoms with E-state index in [2.05, 4.69) is 22.3 Å². The Balaban J connectivity index is 0.00000364. The predicted octanol–water partition coefficient (Wildman–Crippen LogP) is 3.53. The highest BCUT2D eigenvalue weighted by Crippen LogP contribution is 2.27. The number of carbonyl (C=O) groups is 1. The van der Waals surface area contributed by atoms with Crippen LogP contribution in [-0.4, -0.2) is 33.2 Å². The molecule has 1 aliphatic heterocycles. The van der Waals surface area contributed by atoms with Crippen molar-refractivity contribution in [2.75, 3.05) is 28.9 Å². The third kappa shape index (κ3) is 7.31. The predicted molar refractivity (Wildman–Crippen MR) is 114 cm³/mol. The molecule has 0 radical (unpaired) electrons. The second-order valence-corrected chi connectivity index (χ2v) is 9.06. The number of benzene rings is 1. The summed E-state index contributed by atoms with van der Waals surface area (Å²) in [7, 11) is -3.35. The molecule has 6 nitrogen and oxygen atoms in total. The smallest absolute Gasteiger partial charge is 0.232 e. The Morgan fingerprint density at radius 1 is 1.26 bits per heavy atom. The number of sulfonamides is 1. The van der Waals surface area contributed by atoms with Crippen LogP contribution in [0.2, 0.25) is 0 Å². The topological polar surface area (TPSA) is 87.3 Å². The maximum Gasteiger partial charge on any atom is 0.232 e. The summed E-state index contributed by atoms with van der Waals surface area (Å²) in [5.41, 5.74) is 1.90. The first-order valence-electron chi connectivity index (χ1n) is 9.43. The molecule has 1 amide bonds. The Labute approximate surface area is 169 Å². The van der Waals surface area contributed by atoms with E-state index in [1.165, 1.54) is 0 Å². The molecule has 154 valence electrons. The summed E-state index contributed by atoms with van der Waals surface area (Å²) in [5, 5.41) is 6.30. The average molecular weight is 418 g/mol. The molecule has 0 spiro atoms. The van der Waals surface area contributed by atoms with Gasteiger partial charge in [0.05, 0.1) is 11.4 Å². The number of hydrogen-bond acceptors (Lipinski definition) is 4. The maximum atomic E-state index is 12.5. The molecule has 27 heavy (non-hydrogen) atoms. The third-order valence-electron chi connectivity index (χ3n) is 5.04. The number of piperidine rings is 1. The molecule has 0 bridgehead atoms. The molecular formula is C19H32ClN3O3S. The molecule has 0 aromatic heterocycles. The molecule has 1 aromatic rings. The van der Waals surface area contributed by atoms with Crippen LogP contribution in [0, 0.1) is 18.8 Å². The summed E-state index contributed by atoms with van der Waals surface area (Å²) in [6.45, 7) is 7.82. The van der Waals surface area contributed by atoms with Gasteiger partial charge in [0.2, 0.25) is 15.9 Å². The van der Waals surface area contributed by atoms with E-state index in [-0.39, 0.29) is 24.1 Å². The lowest BCUT2D eigenvalue weighted by molar-refractivity contribution is -0.117. The van der Waals surface area contributed by atoms with Gasteiger partial charge in [0.15, 0.2) is 0 Å². The lowest BCUT2D eigenvalue weighted by Crippen LogP contribution is -2.32. The van der Waals surface area contributed by atoms with E-state index in [1.807, 2.05) is 13.8 Å². The Morgan fingerprint density at radius 3 is 2.52 bits per heavy atom. The Morgan fingerprint density at radius 2 is 1.89 bits per heavy atom. The number of anilines is 2. The first-order valence-corrected chi connectivity index (χ1v) is 11.1. The molecule has 0 saturated carbocycles. The molecule has 1 fully saturated rings. The van der Waals surface area contributed by atoms with Crippen molar-refractivity contribution in [1.29, 1.82) is 0 Å². The van der Waals surface area contributed by atoms with E-state index in [1.54, 1.807) is 18.2 Å². The molecule has 1 unspecified atom stereocenters. The van der Waals surface area contributed by atoms with E-state index in [9.17, 15) is 13.2 Å². The number of rotatable bonds is 8. The normalized spacial score (nSPS) is 16.3. The van der Waals surface area contributed by atoms with Crippen LogP contribution in [0.5, 0.6) is 0 Å². The molecule has 1 heterocycles. The number of hydrogen-bond donors (Lipinski definition) is 3. The molecule has 1 atom stereocenters. The highest BCUT2D eigenvalue weighted by atomic mass is 35.5. The molecular weight excluding hydrogens is 386 g/mol. The maximum absolute atomic E-state index is 12.5. The first-order chi connectivity index (χ1) is 12.3. The van der Waals surface area contributed by atoms with E-state index >= 15 is 0 Å². The fourth-order valence-electron chi connectivity index (χ4n) is 3.44. The van der Waals surface area contributed by atoms with E-state index in [0.717, 1.165) is 31.5 Å². The van der Waals surface area contributed by atoms with Crippen molar-refractivity contribution >= 4 is 39.7 Å². The largest absolute Gasteiger partial charge is 0.326 e. The van der Waals surface area contributed by atoms with Gasteiger partial charge < -0.3 is 10.6 Å². The number of halogens is 1. The van der Waals surface area contributed by atoms with Crippen LogP contribution >= 0.6 is 12.4 Å². The quantitative estimate of drug-likeness (QED) is 0.603. The van der Waals surface area contributed by atoms with Crippen LogP contribution in [0.1, 0.15) is 45.1 Å². The number of nitrogens with one attached hydrogen (secondary N) is 3. The zero-order valence-corrected chi connectivity index (χ0v) is 18.0. The van der Waals surface area contributed by atoms with Gasteiger partial charge in [0.25, 0.3) is 0 Å². The second kappa shape index (κ2) is 10.9. The summed E-state index contributed by atoms with van der Waals surface area (Å²) >= 11 is 0. The van der Waals surface area contributed by atoms with Crippen molar-refractivity contribution < 1.29 is 13.2 Å². The van der Waals surface area contributed by atoms with E-state index in [0.29, 0.717) is 36.1 Å². The van der Waals surface area contributed by atoms with Crippen LogP contribution in [0.3, 0.4) is 0 Å². The molecule has 8 heteroatoms. The van der Waals surface area contributed by atoms with Gasteiger partial charge >= 0.3 is 0 Å². The Kier molecular flexibility index (Phi) is 9.56. The van der Waals surface area contributed by atoms with Gasteiger partial charge in [-0.3, -0.25) is 9.52 Å². The monoisotopic (exact) mass is 417 g/mol. The molecule has 0 aliphatic carbocycles. The van der Waals surface area contributed by atoms with Gasteiger partial charge in [-0.2, -0.15) is 0 Å². The van der Waals surface area contributed by atoms with Crippen molar-refractivity contribution in [3.05, 3.63) is 23.8 Å². The second-order valence-electron chi connectivity index (χ2n) is 7.22. The first kappa shape index (κ1) is 23.7. The highest BCUT2D eigenvalue weighted by Gasteiger charge is 2.22. The Hall–Kier alpha value is -1.31. The molecule has 1 saturated heterocycles. The van der Waals surface area contributed by atoms with E-state index in [4.69, 9.17) is 0 Å².